The fourth-order valence-electron chi connectivity index (χ4n) is 1.39. The Bertz CT molecular complexity index is 407. The third-order valence-electron chi connectivity index (χ3n) is 2.36. The molecule has 1 aromatic carbocycles. The van der Waals surface area contributed by atoms with Crippen LogP contribution in [0.25, 0.3) is 0 Å². The van der Waals surface area contributed by atoms with E-state index in [1.54, 1.807) is 12.1 Å². The zero-order valence-corrected chi connectivity index (χ0v) is 12.1. The standard InChI is InChI=1S/C12H16BrNO4/c1-16-10-5-4-8(13)6-9(10)12(15)14-7-11(17-2)18-3/h4-6,11H,7H2,1-3H3,(H,14,15). The van der Waals surface area contributed by atoms with Crippen LogP contribution in [0.3, 0.4) is 0 Å². The number of carbonyl (C=O) groups excluding carboxylic acids is 1. The van der Waals surface area contributed by atoms with Gasteiger partial charge in [-0.15, -0.1) is 0 Å². The molecule has 0 unspecified atom stereocenters. The molecule has 1 N–H and O–H groups in total. The van der Waals surface area contributed by atoms with Crippen LogP contribution < -0.4 is 10.1 Å². The summed E-state index contributed by atoms with van der Waals surface area (Å²) in [4.78, 5) is 12.0. The smallest absolute Gasteiger partial charge is 0.255 e. The molecule has 6 heteroatoms. The SMILES string of the molecule is COc1ccc(Br)cc1C(=O)NCC(OC)OC. The van der Waals surface area contributed by atoms with Crippen LogP contribution >= 0.6 is 15.9 Å². The lowest BCUT2D eigenvalue weighted by Crippen LogP contribution is -2.34. The van der Waals surface area contributed by atoms with Crippen LogP contribution in [0.4, 0.5) is 0 Å². The normalized spacial score (nSPS) is 10.5. The Morgan fingerprint density at radius 1 is 1.33 bits per heavy atom. The molecular weight excluding hydrogens is 302 g/mol. The maximum atomic E-state index is 12.0. The second-order valence-corrected chi connectivity index (χ2v) is 4.37. The molecule has 0 saturated carbocycles. The molecule has 0 fully saturated rings. The Balaban J connectivity index is 2.74. The average molecular weight is 318 g/mol. The molecule has 0 aliphatic carbocycles. The number of methoxy groups -OCH3 is 3. The lowest BCUT2D eigenvalue weighted by Gasteiger charge is -2.15. The molecule has 0 radical (unpaired) electrons. The molecule has 0 heterocycles. The molecule has 0 saturated heterocycles. The zero-order chi connectivity index (χ0) is 13.5. The highest BCUT2D eigenvalue weighted by Gasteiger charge is 2.14. The number of halogens is 1. The van der Waals surface area contributed by atoms with Gasteiger partial charge in [0, 0.05) is 18.7 Å². The maximum absolute atomic E-state index is 12.0. The highest BCUT2D eigenvalue weighted by molar-refractivity contribution is 9.10. The summed E-state index contributed by atoms with van der Waals surface area (Å²) >= 11 is 3.32. The molecule has 0 bridgehead atoms. The first-order valence-electron chi connectivity index (χ1n) is 5.29. The van der Waals surface area contributed by atoms with Crippen molar-refractivity contribution < 1.29 is 19.0 Å². The molecule has 0 aliphatic heterocycles. The molecule has 0 spiro atoms. The zero-order valence-electron chi connectivity index (χ0n) is 10.5. The van der Waals surface area contributed by atoms with E-state index in [4.69, 9.17) is 14.2 Å². The number of ether oxygens (including phenoxy) is 3. The molecule has 18 heavy (non-hydrogen) atoms. The fourth-order valence-corrected chi connectivity index (χ4v) is 1.75. The molecule has 0 atom stereocenters. The number of hydrogen-bond acceptors (Lipinski definition) is 4. The first kappa shape index (κ1) is 14.9. The minimum atomic E-state index is -0.466. The van der Waals surface area contributed by atoms with Crippen molar-refractivity contribution >= 4 is 21.8 Å². The number of nitrogens with one attached hydrogen (secondary N) is 1. The largest absolute Gasteiger partial charge is 0.496 e. The van der Waals surface area contributed by atoms with Gasteiger partial charge in [0.15, 0.2) is 6.29 Å². The Kier molecular flexibility index (Phi) is 6.11. The van der Waals surface area contributed by atoms with Crippen molar-refractivity contribution in [3.63, 3.8) is 0 Å². The number of hydrogen-bond donors (Lipinski definition) is 1. The van der Waals surface area contributed by atoms with Gasteiger partial charge in [-0.2, -0.15) is 0 Å². The van der Waals surface area contributed by atoms with E-state index >= 15 is 0 Å². The van der Waals surface area contributed by atoms with Crippen LogP contribution in [0.15, 0.2) is 22.7 Å². The molecule has 5 nitrogen and oxygen atoms in total. The van der Waals surface area contributed by atoms with Gasteiger partial charge in [-0.05, 0) is 18.2 Å². The van der Waals surface area contributed by atoms with E-state index in [0.717, 1.165) is 4.47 Å². The lowest BCUT2D eigenvalue weighted by molar-refractivity contribution is -0.0974. The lowest BCUT2D eigenvalue weighted by atomic mass is 10.2. The number of rotatable bonds is 6. The van der Waals surface area contributed by atoms with Crippen molar-refractivity contribution in [3.8, 4) is 5.75 Å². The van der Waals surface area contributed by atoms with Gasteiger partial charge in [-0.1, -0.05) is 15.9 Å². The summed E-state index contributed by atoms with van der Waals surface area (Å²) in [6.07, 6.45) is -0.466. The van der Waals surface area contributed by atoms with E-state index in [9.17, 15) is 4.79 Å². The van der Waals surface area contributed by atoms with Crippen LogP contribution in [-0.2, 0) is 9.47 Å². The van der Waals surface area contributed by atoms with Crippen molar-refractivity contribution in [2.24, 2.45) is 0 Å². The highest BCUT2D eigenvalue weighted by Crippen LogP contribution is 2.22. The summed E-state index contributed by atoms with van der Waals surface area (Å²) < 4.78 is 15.9. The third kappa shape index (κ3) is 3.97. The molecule has 0 aromatic heterocycles. The average Bonchev–Trinajstić information content (AvgIpc) is 2.39. The van der Waals surface area contributed by atoms with Crippen molar-refractivity contribution in [2.75, 3.05) is 27.9 Å². The van der Waals surface area contributed by atoms with E-state index < -0.39 is 6.29 Å². The monoisotopic (exact) mass is 317 g/mol. The van der Waals surface area contributed by atoms with Crippen LogP contribution in [0.1, 0.15) is 10.4 Å². The first-order valence-corrected chi connectivity index (χ1v) is 6.09. The summed E-state index contributed by atoms with van der Waals surface area (Å²) in [5.74, 6) is 0.273. The van der Waals surface area contributed by atoms with Gasteiger partial charge >= 0.3 is 0 Å². The topological polar surface area (TPSA) is 56.8 Å². The van der Waals surface area contributed by atoms with Crippen molar-refractivity contribution in [1.29, 1.82) is 0 Å². The van der Waals surface area contributed by atoms with E-state index in [2.05, 4.69) is 21.2 Å². The van der Waals surface area contributed by atoms with Gasteiger partial charge in [0.2, 0.25) is 0 Å². The number of benzene rings is 1. The molecule has 1 aromatic rings. The Labute approximate surface area is 115 Å². The second-order valence-electron chi connectivity index (χ2n) is 3.46. The first-order chi connectivity index (χ1) is 8.62. The van der Waals surface area contributed by atoms with E-state index in [1.165, 1.54) is 21.3 Å². The summed E-state index contributed by atoms with van der Waals surface area (Å²) in [6.45, 7) is 0.265. The number of amides is 1. The summed E-state index contributed by atoms with van der Waals surface area (Å²) in [5, 5.41) is 2.71. The molecular formula is C12H16BrNO4. The van der Waals surface area contributed by atoms with E-state index in [0.29, 0.717) is 11.3 Å². The molecule has 1 amide bonds. The van der Waals surface area contributed by atoms with Gasteiger partial charge in [0.25, 0.3) is 5.91 Å². The van der Waals surface area contributed by atoms with Crippen molar-refractivity contribution in [2.45, 2.75) is 6.29 Å². The Morgan fingerprint density at radius 3 is 2.56 bits per heavy atom. The highest BCUT2D eigenvalue weighted by atomic mass is 79.9. The van der Waals surface area contributed by atoms with E-state index in [1.807, 2.05) is 6.07 Å². The molecule has 100 valence electrons. The van der Waals surface area contributed by atoms with Crippen LogP contribution in [-0.4, -0.2) is 40.1 Å². The van der Waals surface area contributed by atoms with Crippen molar-refractivity contribution in [3.05, 3.63) is 28.2 Å². The third-order valence-corrected chi connectivity index (χ3v) is 2.85. The predicted octanol–water partition coefficient (Wildman–Crippen LogP) is 1.81. The maximum Gasteiger partial charge on any atom is 0.255 e. The van der Waals surface area contributed by atoms with E-state index in [-0.39, 0.29) is 12.5 Å². The summed E-state index contributed by atoms with van der Waals surface area (Å²) in [6, 6.07) is 5.23. The van der Waals surface area contributed by atoms with Crippen LogP contribution in [0.2, 0.25) is 0 Å². The van der Waals surface area contributed by atoms with Gasteiger partial charge in [0.1, 0.15) is 5.75 Å². The summed E-state index contributed by atoms with van der Waals surface area (Å²) in [7, 11) is 4.55. The van der Waals surface area contributed by atoms with Gasteiger partial charge in [-0.3, -0.25) is 4.79 Å². The van der Waals surface area contributed by atoms with Crippen LogP contribution in [0.5, 0.6) is 5.75 Å². The predicted molar refractivity (Wildman–Crippen MR) is 70.8 cm³/mol. The van der Waals surface area contributed by atoms with Crippen molar-refractivity contribution in [1.82, 2.24) is 5.32 Å². The quantitative estimate of drug-likeness (QED) is 0.813. The van der Waals surface area contributed by atoms with Gasteiger partial charge < -0.3 is 19.5 Å². The van der Waals surface area contributed by atoms with Crippen LogP contribution in [0, 0.1) is 0 Å². The minimum Gasteiger partial charge on any atom is -0.496 e. The Morgan fingerprint density at radius 2 is 2.00 bits per heavy atom. The van der Waals surface area contributed by atoms with Gasteiger partial charge in [-0.25, -0.2) is 0 Å². The minimum absolute atomic E-state index is 0.243. The summed E-state index contributed by atoms with van der Waals surface area (Å²) in [5.41, 5.74) is 0.456. The molecule has 0 aliphatic rings. The fraction of sp³-hybridized carbons (Fsp3) is 0.417. The number of carbonyl (C=O) groups is 1. The second kappa shape index (κ2) is 7.35. The Hall–Kier alpha value is -1.11. The van der Waals surface area contributed by atoms with Gasteiger partial charge in [0.05, 0.1) is 19.2 Å². The molecule has 1 rings (SSSR count).